The van der Waals surface area contributed by atoms with E-state index in [1.807, 2.05) is 6.92 Å². The third-order valence-electron chi connectivity index (χ3n) is 3.28. The van der Waals surface area contributed by atoms with Gasteiger partial charge in [-0.15, -0.1) is 0 Å². The van der Waals surface area contributed by atoms with Gasteiger partial charge in [-0.05, 0) is 43.7 Å². The van der Waals surface area contributed by atoms with Crippen molar-refractivity contribution in [1.82, 2.24) is 10.6 Å². The molecule has 1 aromatic carbocycles. The topological polar surface area (TPSA) is 54.3 Å². The maximum atomic E-state index is 12.9. The van der Waals surface area contributed by atoms with Gasteiger partial charge < -0.3 is 9.73 Å². The summed E-state index contributed by atoms with van der Waals surface area (Å²) in [6.45, 7) is 4.09. The van der Waals surface area contributed by atoms with Crippen molar-refractivity contribution in [2.45, 2.75) is 32.5 Å². The van der Waals surface area contributed by atoms with Gasteiger partial charge in [-0.25, -0.2) is 4.39 Å². The Balaban J connectivity index is 1.83. The van der Waals surface area contributed by atoms with Gasteiger partial charge in [0.15, 0.2) is 0 Å². The minimum Gasteiger partial charge on any atom is -0.467 e. The lowest BCUT2D eigenvalue weighted by Crippen LogP contribution is -2.42. The van der Waals surface area contributed by atoms with E-state index in [2.05, 4.69) is 10.6 Å². The van der Waals surface area contributed by atoms with Crippen LogP contribution in [-0.4, -0.2) is 11.9 Å². The Kier molecular flexibility index (Phi) is 5.11. The summed E-state index contributed by atoms with van der Waals surface area (Å²) in [6, 6.07) is 9.42. The van der Waals surface area contributed by atoms with Gasteiger partial charge in [-0.3, -0.25) is 10.1 Å². The maximum Gasteiger partial charge on any atom is 0.237 e. The molecule has 1 unspecified atom stereocenters. The van der Waals surface area contributed by atoms with Crippen molar-refractivity contribution in [3.05, 3.63) is 59.8 Å². The van der Waals surface area contributed by atoms with Crippen molar-refractivity contribution in [2.24, 2.45) is 0 Å². The molecule has 0 saturated heterocycles. The maximum absolute atomic E-state index is 12.9. The van der Waals surface area contributed by atoms with Crippen molar-refractivity contribution in [1.29, 1.82) is 0 Å². The highest BCUT2D eigenvalue weighted by atomic mass is 19.1. The molecule has 2 N–H and O–H groups in total. The van der Waals surface area contributed by atoms with Gasteiger partial charge in [0.05, 0.1) is 18.8 Å². The number of hydrogen-bond acceptors (Lipinski definition) is 3. The number of furan rings is 1. The molecule has 2 atom stereocenters. The molecule has 1 heterocycles. The van der Waals surface area contributed by atoms with E-state index >= 15 is 0 Å². The SMILES string of the molecule is CC(N[C@H](C)c1ccc(F)cc1)C(=O)NCc1ccco1. The van der Waals surface area contributed by atoms with E-state index in [4.69, 9.17) is 4.42 Å². The Bertz CT molecular complexity index is 566. The summed E-state index contributed by atoms with van der Waals surface area (Å²) in [6.07, 6.45) is 1.57. The average molecular weight is 290 g/mol. The largest absolute Gasteiger partial charge is 0.467 e. The first kappa shape index (κ1) is 15.3. The molecule has 0 spiro atoms. The molecule has 21 heavy (non-hydrogen) atoms. The second-order valence-electron chi connectivity index (χ2n) is 4.96. The number of carbonyl (C=O) groups is 1. The molecular weight excluding hydrogens is 271 g/mol. The molecule has 0 saturated carbocycles. The highest BCUT2D eigenvalue weighted by molar-refractivity contribution is 5.81. The van der Waals surface area contributed by atoms with Crippen LogP contribution in [0, 0.1) is 5.82 Å². The molecule has 5 heteroatoms. The van der Waals surface area contributed by atoms with Gasteiger partial charge in [-0.2, -0.15) is 0 Å². The van der Waals surface area contributed by atoms with E-state index in [1.54, 1.807) is 37.5 Å². The van der Waals surface area contributed by atoms with Crippen molar-refractivity contribution in [2.75, 3.05) is 0 Å². The molecule has 1 aromatic heterocycles. The van der Waals surface area contributed by atoms with Gasteiger partial charge in [-0.1, -0.05) is 12.1 Å². The van der Waals surface area contributed by atoms with Gasteiger partial charge in [0, 0.05) is 6.04 Å². The van der Waals surface area contributed by atoms with Crippen LogP contribution in [0.5, 0.6) is 0 Å². The van der Waals surface area contributed by atoms with Gasteiger partial charge >= 0.3 is 0 Å². The summed E-state index contributed by atoms with van der Waals surface area (Å²) in [5.41, 5.74) is 0.932. The fourth-order valence-corrected chi connectivity index (χ4v) is 2.04. The normalized spacial score (nSPS) is 13.7. The summed E-state index contributed by atoms with van der Waals surface area (Å²) in [5.74, 6) is 0.331. The number of hydrogen-bond donors (Lipinski definition) is 2. The molecule has 2 rings (SSSR count). The first-order valence-corrected chi connectivity index (χ1v) is 6.88. The predicted octanol–water partition coefficient (Wildman–Crippen LogP) is 2.77. The zero-order valence-corrected chi connectivity index (χ0v) is 12.1. The Morgan fingerprint density at radius 1 is 1.24 bits per heavy atom. The summed E-state index contributed by atoms with van der Waals surface area (Å²) in [7, 11) is 0. The summed E-state index contributed by atoms with van der Waals surface area (Å²) >= 11 is 0. The Labute approximate surface area is 123 Å². The number of carbonyl (C=O) groups excluding carboxylic acids is 1. The van der Waals surface area contributed by atoms with Crippen molar-refractivity contribution in [3.8, 4) is 0 Å². The zero-order valence-electron chi connectivity index (χ0n) is 12.1. The molecule has 112 valence electrons. The van der Waals surface area contributed by atoms with Crippen LogP contribution in [0.3, 0.4) is 0 Å². The quantitative estimate of drug-likeness (QED) is 0.860. The Morgan fingerprint density at radius 3 is 2.57 bits per heavy atom. The smallest absolute Gasteiger partial charge is 0.237 e. The molecule has 0 aliphatic carbocycles. The molecule has 4 nitrogen and oxygen atoms in total. The third kappa shape index (κ3) is 4.43. The van der Waals surface area contributed by atoms with Crippen LogP contribution >= 0.6 is 0 Å². The zero-order chi connectivity index (χ0) is 15.2. The Hall–Kier alpha value is -2.14. The van der Waals surface area contributed by atoms with E-state index in [0.717, 1.165) is 5.56 Å². The van der Waals surface area contributed by atoms with E-state index in [1.165, 1.54) is 12.1 Å². The van der Waals surface area contributed by atoms with Crippen LogP contribution in [0.4, 0.5) is 4.39 Å². The average Bonchev–Trinajstić information content (AvgIpc) is 2.98. The number of amides is 1. The minimum absolute atomic E-state index is 0.0463. The number of benzene rings is 1. The Morgan fingerprint density at radius 2 is 1.95 bits per heavy atom. The lowest BCUT2D eigenvalue weighted by atomic mass is 10.1. The van der Waals surface area contributed by atoms with E-state index in [9.17, 15) is 9.18 Å². The molecule has 0 aliphatic rings. The van der Waals surface area contributed by atoms with E-state index < -0.39 is 0 Å². The molecule has 0 radical (unpaired) electrons. The van der Waals surface area contributed by atoms with Crippen LogP contribution in [-0.2, 0) is 11.3 Å². The van der Waals surface area contributed by atoms with Crippen LogP contribution in [0.1, 0.15) is 31.2 Å². The fourth-order valence-electron chi connectivity index (χ4n) is 2.04. The van der Waals surface area contributed by atoms with Crippen LogP contribution in [0.15, 0.2) is 47.1 Å². The highest BCUT2D eigenvalue weighted by Crippen LogP contribution is 2.13. The van der Waals surface area contributed by atoms with Crippen LogP contribution in [0.2, 0.25) is 0 Å². The monoisotopic (exact) mass is 290 g/mol. The molecule has 0 aliphatic heterocycles. The summed E-state index contributed by atoms with van der Waals surface area (Å²) < 4.78 is 18.0. The molecule has 2 aromatic rings. The minimum atomic E-state index is -0.361. The number of halogens is 1. The van der Waals surface area contributed by atoms with Crippen LogP contribution < -0.4 is 10.6 Å². The summed E-state index contributed by atoms with van der Waals surface area (Å²) in [4.78, 5) is 12.0. The fraction of sp³-hybridized carbons (Fsp3) is 0.312. The summed E-state index contributed by atoms with van der Waals surface area (Å²) in [5, 5.41) is 5.98. The van der Waals surface area contributed by atoms with Crippen molar-refractivity contribution >= 4 is 5.91 Å². The first-order chi connectivity index (χ1) is 10.1. The lowest BCUT2D eigenvalue weighted by Gasteiger charge is -2.19. The van der Waals surface area contributed by atoms with Crippen LogP contribution in [0.25, 0.3) is 0 Å². The predicted molar refractivity (Wildman–Crippen MR) is 78.0 cm³/mol. The molecule has 1 amide bonds. The second kappa shape index (κ2) is 7.04. The second-order valence-corrected chi connectivity index (χ2v) is 4.96. The number of nitrogens with one attached hydrogen (secondary N) is 2. The first-order valence-electron chi connectivity index (χ1n) is 6.88. The highest BCUT2D eigenvalue weighted by Gasteiger charge is 2.16. The van der Waals surface area contributed by atoms with E-state index in [0.29, 0.717) is 12.3 Å². The van der Waals surface area contributed by atoms with Gasteiger partial charge in [0.2, 0.25) is 5.91 Å². The van der Waals surface area contributed by atoms with E-state index in [-0.39, 0.29) is 23.8 Å². The third-order valence-corrected chi connectivity index (χ3v) is 3.28. The number of rotatable bonds is 6. The molecular formula is C16H19FN2O2. The standard InChI is InChI=1S/C16H19FN2O2/c1-11(13-5-7-14(17)8-6-13)19-12(2)16(20)18-10-15-4-3-9-21-15/h3-9,11-12,19H,10H2,1-2H3,(H,18,20)/t11-,12?/m1/s1. The molecule has 0 bridgehead atoms. The van der Waals surface area contributed by atoms with Gasteiger partial charge in [0.25, 0.3) is 0 Å². The van der Waals surface area contributed by atoms with Crippen molar-refractivity contribution in [3.63, 3.8) is 0 Å². The lowest BCUT2D eigenvalue weighted by molar-refractivity contribution is -0.123. The molecule has 0 fully saturated rings. The van der Waals surface area contributed by atoms with Crippen molar-refractivity contribution < 1.29 is 13.6 Å². The van der Waals surface area contributed by atoms with Gasteiger partial charge in [0.1, 0.15) is 11.6 Å².